The van der Waals surface area contributed by atoms with Gasteiger partial charge in [0, 0.05) is 12.6 Å². The number of hydrogen-bond acceptors (Lipinski definition) is 2. The largest absolute Gasteiger partial charge is 0.356 e. The molecule has 15 heavy (non-hydrogen) atoms. The van der Waals surface area contributed by atoms with Crippen LogP contribution in [0, 0.1) is 17.8 Å². The lowest BCUT2D eigenvalue weighted by Gasteiger charge is -2.27. The summed E-state index contributed by atoms with van der Waals surface area (Å²) >= 11 is 0. The second-order valence-electron chi connectivity index (χ2n) is 5.27. The first-order valence-corrected chi connectivity index (χ1v) is 6.21. The number of carbonyl (C=O) groups is 1. The van der Waals surface area contributed by atoms with Gasteiger partial charge in [-0.25, -0.2) is 0 Å². The number of amides is 1. The zero-order chi connectivity index (χ0) is 10.8. The minimum Gasteiger partial charge on any atom is -0.356 e. The van der Waals surface area contributed by atoms with Crippen molar-refractivity contribution >= 4 is 5.91 Å². The molecule has 3 heteroatoms. The molecule has 2 saturated carbocycles. The molecule has 4 unspecified atom stereocenters. The number of nitrogens with one attached hydrogen (secondary N) is 1. The summed E-state index contributed by atoms with van der Waals surface area (Å²) in [5.41, 5.74) is 5.97. The van der Waals surface area contributed by atoms with Gasteiger partial charge in [-0.1, -0.05) is 19.8 Å². The molecule has 86 valence electrons. The Morgan fingerprint density at radius 2 is 2.07 bits per heavy atom. The third-order valence-electron chi connectivity index (χ3n) is 3.97. The molecule has 3 nitrogen and oxygen atoms in total. The molecule has 2 aliphatic carbocycles. The van der Waals surface area contributed by atoms with E-state index in [0.717, 1.165) is 37.6 Å². The third-order valence-corrected chi connectivity index (χ3v) is 3.97. The number of hydrogen-bond donors (Lipinski definition) is 2. The standard InChI is InChI=1S/C12H22N2O/c1-8-6-9(8)7-14-12(15)10-4-2-3-5-11(10)13/h8-11H,2-7,13H2,1H3,(H,14,15). The van der Waals surface area contributed by atoms with Crippen LogP contribution in [0.3, 0.4) is 0 Å². The minimum atomic E-state index is 0.0767. The zero-order valence-corrected chi connectivity index (χ0v) is 9.54. The Morgan fingerprint density at radius 3 is 2.67 bits per heavy atom. The van der Waals surface area contributed by atoms with Crippen molar-refractivity contribution in [1.29, 1.82) is 0 Å². The van der Waals surface area contributed by atoms with Crippen LogP contribution >= 0.6 is 0 Å². The molecule has 0 heterocycles. The van der Waals surface area contributed by atoms with Gasteiger partial charge in [0.2, 0.25) is 5.91 Å². The predicted molar refractivity (Wildman–Crippen MR) is 60.2 cm³/mol. The molecule has 0 aliphatic heterocycles. The van der Waals surface area contributed by atoms with E-state index in [1.165, 1.54) is 12.8 Å². The lowest BCUT2D eigenvalue weighted by molar-refractivity contribution is -0.126. The molecule has 1 amide bonds. The first kappa shape index (κ1) is 10.9. The summed E-state index contributed by atoms with van der Waals surface area (Å²) < 4.78 is 0. The van der Waals surface area contributed by atoms with E-state index in [0.29, 0.717) is 0 Å². The summed E-state index contributed by atoms with van der Waals surface area (Å²) in [6.07, 6.45) is 5.61. The zero-order valence-electron chi connectivity index (χ0n) is 9.54. The van der Waals surface area contributed by atoms with Crippen LogP contribution in [-0.2, 0) is 4.79 Å². The molecule has 0 spiro atoms. The maximum Gasteiger partial charge on any atom is 0.224 e. The maximum atomic E-state index is 11.9. The molecule has 0 aromatic heterocycles. The molecule has 3 N–H and O–H groups in total. The van der Waals surface area contributed by atoms with Crippen LogP contribution in [0.4, 0.5) is 0 Å². The molecule has 0 saturated heterocycles. The van der Waals surface area contributed by atoms with Crippen LogP contribution in [0.5, 0.6) is 0 Å². The van der Waals surface area contributed by atoms with E-state index in [1.807, 2.05) is 0 Å². The minimum absolute atomic E-state index is 0.0767. The molecule has 0 aromatic rings. The van der Waals surface area contributed by atoms with Crippen molar-refractivity contribution in [1.82, 2.24) is 5.32 Å². The Kier molecular flexibility index (Phi) is 3.29. The molecule has 2 rings (SSSR count). The van der Waals surface area contributed by atoms with Gasteiger partial charge >= 0.3 is 0 Å². The van der Waals surface area contributed by atoms with E-state index >= 15 is 0 Å². The topological polar surface area (TPSA) is 55.1 Å². The Balaban J connectivity index is 1.73. The number of rotatable bonds is 3. The lowest BCUT2D eigenvalue weighted by Crippen LogP contribution is -2.44. The first-order chi connectivity index (χ1) is 7.18. The Bertz CT molecular complexity index is 242. The summed E-state index contributed by atoms with van der Waals surface area (Å²) in [5, 5.41) is 3.06. The van der Waals surface area contributed by atoms with Gasteiger partial charge in [0.05, 0.1) is 5.92 Å². The SMILES string of the molecule is CC1CC1CNC(=O)C1CCCCC1N. The van der Waals surface area contributed by atoms with Crippen molar-refractivity contribution < 1.29 is 4.79 Å². The van der Waals surface area contributed by atoms with Crippen LogP contribution in [0.25, 0.3) is 0 Å². The van der Waals surface area contributed by atoms with Crippen LogP contribution in [0.15, 0.2) is 0 Å². The quantitative estimate of drug-likeness (QED) is 0.737. The van der Waals surface area contributed by atoms with Crippen molar-refractivity contribution in [3.8, 4) is 0 Å². The smallest absolute Gasteiger partial charge is 0.224 e. The Hall–Kier alpha value is -0.570. The Morgan fingerprint density at radius 1 is 1.40 bits per heavy atom. The maximum absolute atomic E-state index is 11.9. The highest BCUT2D eigenvalue weighted by molar-refractivity contribution is 5.79. The van der Waals surface area contributed by atoms with E-state index in [9.17, 15) is 4.79 Å². The summed E-state index contributed by atoms with van der Waals surface area (Å²) in [7, 11) is 0. The lowest BCUT2D eigenvalue weighted by atomic mass is 9.84. The molecular formula is C12H22N2O. The van der Waals surface area contributed by atoms with Gasteiger partial charge in [-0.2, -0.15) is 0 Å². The monoisotopic (exact) mass is 210 g/mol. The highest BCUT2D eigenvalue weighted by atomic mass is 16.1. The van der Waals surface area contributed by atoms with Crippen LogP contribution < -0.4 is 11.1 Å². The van der Waals surface area contributed by atoms with Crippen LogP contribution in [0.2, 0.25) is 0 Å². The van der Waals surface area contributed by atoms with E-state index in [1.54, 1.807) is 0 Å². The number of nitrogens with two attached hydrogens (primary N) is 1. The number of carbonyl (C=O) groups excluding carboxylic acids is 1. The van der Waals surface area contributed by atoms with Crippen molar-refractivity contribution in [2.75, 3.05) is 6.54 Å². The summed E-state index contributed by atoms with van der Waals surface area (Å²) in [6.45, 7) is 3.10. The van der Waals surface area contributed by atoms with Gasteiger partial charge in [-0.05, 0) is 31.1 Å². The van der Waals surface area contributed by atoms with E-state index in [-0.39, 0.29) is 17.9 Å². The summed E-state index contributed by atoms with van der Waals surface area (Å²) in [4.78, 5) is 11.9. The van der Waals surface area contributed by atoms with Gasteiger partial charge in [-0.3, -0.25) is 4.79 Å². The average molecular weight is 210 g/mol. The Labute approximate surface area is 91.8 Å². The van der Waals surface area contributed by atoms with Crippen LogP contribution in [-0.4, -0.2) is 18.5 Å². The van der Waals surface area contributed by atoms with E-state index in [4.69, 9.17) is 5.73 Å². The fourth-order valence-electron chi connectivity index (χ4n) is 2.53. The third kappa shape index (κ3) is 2.71. The second kappa shape index (κ2) is 4.52. The van der Waals surface area contributed by atoms with Crippen molar-refractivity contribution in [3.63, 3.8) is 0 Å². The summed E-state index contributed by atoms with van der Waals surface area (Å²) in [5.74, 6) is 1.81. The summed E-state index contributed by atoms with van der Waals surface area (Å²) in [6, 6.07) is 0.0929. The first-order valence-electron chi connectivity index (χ1n) is 6.21. The van der Waals surface area contributed by atoms with Crippen molar-refractivity contribution in [3.05, 3.63) is 0 Å². The second-order valence-corrected chi connectivity index (χ2v) is 5.27. The van der Waals surface area contributed by atoms with Gasteiger partial charge in [0.25, 0.3) is 0 Å². The van der Waals surface area contributed by atoms with Crippen molar-refractivity contribution in [2.45, 2.75) is 45.1 Å². The molecule has 0 bridgehead atoms. The molecule has 0 radical (unpaired) electrons. The fourth-order valence-corrected chi connectivity index (χ4v) is 2.53. The molecular weight excluding hydrogens is 188 g/mol. The normalized spacial score (nSPS) is 39.9. The van der Waals surface area contributed by atoms with Gasteiger partial charge in [0.1, 0.15) is 0 Å². The van der Waals surface area contributed by atoms with Crippen molar-refractivity contribution in [2.24, 2.45) is 23.5 Å². The van der Waals surface area contributed by atoms with Gasteiger partial charge in [0.15, 0.2) is 0 Å². The van der Waals surface area contributed by atoms with E-state index in [2.05, 4.69) is 12.2 Å². The predicted octanol–water partition coefficient (Wildman–Crippen LogP) is 1.28. The highest BCUT2D eigenvalue weighted by Gasteiger charge is 2.34. The highest BCUT2D eigenvalue weighted by Crippen LogP contribution is 2.36. The molecule has 2 fully saturated rings. The molecule has 4 atom stereocenters. The van der Waals surface area contributed by atoms with Gasteiger partial charge in [-0.15, -0.1) is 0 Å². The van der Waals surface area contributed by atoms with E-state index < -0.39 is 0 Å². The van der Waals surface area contributed by atoms with Crippen LogP contribution in [0.1, 0.15) is 39.0 Å². The molecule has 0 aromatic carbocycles. The van der Waals surface area contributed by atoms with Gasteiger partial charge < -0.3 is 11.1 Å². The fraction of sp³-hybridized carbons (Fsp3) is 0.917. The average Bonchev–Trinajstić information content (AvgIpc) is 2.92. The molecule has 2 aliphatic rings.